The summed E-state index contributed by atoms with van der Waals surface area (Å²) >= 11 is 0. The van der Waals surface area contributed by atoms with Crippen molar-refractivity contribution in [2.75, 3.05) is 14.2 Å². The molecule has 13 heteroatoms. The molecule has 57 heavy (non-hydrogen) atoms. The molecule has 13 nitrogen and oxygen atoms in total. The molecular weight excluding hydrogens is 732 g/mol. The first-order valence-corrected chi connectivity index (χ1v) is 18.9. The number of carbonyl (C=O) groups is 2. The zero-order valence-corrected chi connectivity index (χ0v) is 34.1. The van der Waals surface area contributed by atoms with Crippen LogP contribution in [0, 0.1) is 10.8 Å². The van der Waals surface area contributed by atoms with Crippen LogP contribution in [0.25, 0.3) is 6.08 Å². The Bertz CT molecular complexity index is 1810. The number of aliphatic hydroxyl groups is 3. The molecule has 2 aromatic rings. The van der Waals surface area contributed by atoms with Crippen molar-refractivity contribution in [1.82, 2.24) is 9.97 Å². The lowest BCUT2D eigenvalue weighted by atomic mass is 9.79. The highest BCUT2D eigenvalue weighted by molar-refractivity contribution is 5.87. The Morgan fingerprint density at radius 1 is 0.737 bits per heavy atom. The van der Waals surface area contributed by atoms with Crippen LogP contribution in [0.5, 0.6) is 0 Å². The molecule has 1 aliphatic heterocycles. The number of allylic oxidation sites excluding steroid dienone is 8. The molecule has 0 radical (unpaired) electrons. The number of aromatic nitrogens is 2. The van der Waals surface area contributed by atoms with E-state index in [9.17, 15) is 24.9 Å². The molecule has 0 fully saturated rings. The van der Waals surface area contributed by atoms with Crippen molar-refractivity contribution < 1.29 is 52.7 Å². The number of hydrogen-bond acceptors (Lipinski definition) is 13. The number of carbonyl (C=O) groups excluding carboxylic acids is 2. The highest BCUT2D eigenvalue weighted by Gasteiger charge is 2.39. The van der Waals surface area contributed by atoms with E-state index in [1.807, 2.05) is 26.0 Å². The van der Waals surface area contributed by atoms with E-state index in [0.29, 0.717) is 6.42 Å². The largest absolute Gasteiger partial charge is 0.457 e. The Hall–Kier alpha value is -4.92. The minimum atomic E-state index is -1.07. The topological polar surface area (TPSA) is 184 Å². The number of ether oxygens (including phenoxy) is 4. The van der Waals surface area contributed by atoms with Crippen molar-refractivity contribution in [3.8, 4) is 0 Å². The summed E-state index contributed by atoms with van der Waals surface area (Å²) in [5, 5.41) is 32.7. The molecule has 0 spiro atoms. The van der Waals surface area contributed by atoms with E-state index < -0.39 is 65.5 Å². The van der Waals surface area contributed by atoms with Crippen LogP contribution < -0.4 is 0 Å². The van der Waals surface area contributed by atoms with Gasteiger partial charge in [0.2, 0.25) is 5.89 Å². The molecule has 2 aromatic heterocycles. The minimum Gasteiger partial charge on any atom is -0.457 e. The number of hydrogen-bond donors (Lipinski definition) is 3. The zero-order valence-electron chi connectivity index (χ0n) is 34.1. The van der Waals surface area contributed by atoms with Gasteiger partial charge in [0.1, 0.15) is 36.9 Å². The van der Waals surface area contributed by atoms with Crippen molar-refractivity contribution >= 4 is 18.0 Å². The van der Waals surface area contributed by atoms with E-state index >= 15 is 0 Å². The van der Waals surface area contributed by atoms with Gasteiger partial charge in [-0.25, -0.2) is 19.6 Å². The quantitative estimate of drug-likeness (QED) is 0.186. The molecule has 0 saturated heterocycles. The summed E-state index contributed by atoms with van der Waals surface area (Å²) in [6, 6.07) is 0. The van der Waals surface area contributed by atoms with Gasteiger partial charge in [0.05, 0.1) is 24.7 Å². The van der Waals surface area contributed by atoms with Crippen molar-refractivity contribution in [2.45, 2.75) is 104 Å². The fraction of sp³-hybridized carbons (Fsp3) is 0.455. The molecule has 3 heterocycles. The van der Waals surface area contributed by atoms with Gasteiger partial charge in [0.15, 0.2) is 17.3 Å². The fourth-order valence-corrected chi connectivity index (χ4v) is 5.68. The predicted octanol–water partition coefficient (Wildman–Crippen LogP) is 6.86. The van der Waals surface area contributed by atoms with Crippen LogP contribution in [-0.4, -0.2) is 94.2 Å². The van der Waals surface area contributed by atoms with Gasteiger partial charge in [-0.15, -0.1) is 0 Å². The molecule has 1 aliphatic rings. The van der Waals surface area contributed by atoms with E-state index in [-0.39, 0.29) is 36.0 Å². The van der Waals surface area contributed by atoms with Crippen molar-refractivity contribution in [1.29, 1.82) is 0 Å². The van der Waals surface area contributed by atoms with Crippen molar-refractivity contribution in [3.63, 3.8) is 0 Å². The normalized spacial score (nSPS) is 23.8. The summed E-state index contributed by atoms with van der Waals surface area (Å²) in [4.78, 5) is 35.2. The Morgan fingerprint density at radius 2 is 1.30 bits per heavy atom. The summed E-state index contributed by atoms with van der Waals surface area (Å²) < 4.78 is 34.0. The number of rotatable bonds is 8. The Kier molecular flexibility index (Phi) is 18.5. The third kappa shape index (κ3) is 13.9. The number of nitrogens with zero attached hydrogens (tertiary/aromatic N) is 2. The number of fused-ring (bicyclic) bond motifs is 4. The van der Waals surface area contributed by atoms with Crippen LogP contribution in [0.2, 0.25) is 0 Å². The van der Waals surface area contributed by atoms with Gasteiger partial charge >= 0.3 is 11.9 Å². The smallest absolute Gasteiger partial charge is 0.360 e. The maximum Gasteiger partial charge on any atom is 0.360 e. The zero-order chi connectivity index (χ0) is 42.0. The average molecular weight is 791 g/mol. The molecule has 4 bridgehead atoms. The maximum absolute atomic E-state index is 13.4. The molecule has 310 valence electrons. The van der Waals surface area contributed by atoms with Gasteiger partial charge in [0.25, 0.3) is 0 Å². The van der Waals surface area contributed by atoms with Crippen LogP contribution in [0.1, 0.15) is 87.1 Å². The molecule has 3 rings (SSSR count). The number of methoxy groups -OCH3 is 2. The van der Waals surface area contributed by atoms with E-state index in [2.05, 4.69) is 9.97 Å². The lowest BCUT2D eigenvalue weighted by molar-refractivity contribution is -0.0462. The third-order valence-electron chi connectivity index (χ3n) is 9.69. The van der Waals surface area contributed by atoms with Gasteiger partial charge in [0, 0.05) is 44.0 Å². The number of cyclic esters (lactones) is 2. The summed E-state index contributed by atoms with van der Waals surface area (Å²) in [5.41, 5.74) is -1.87. The minimum absolute atomic E-state index is 0.0337. The van der Waals surface area contributed by atoms with Crippen molar-refractivity contribution in [3.05, 3.63) is 127 Å². The highest BCUT2D eigenvalue weighted by Crippen LogP contribution is 2.33. The summed E-state index contributed by atoms with van der Waals surface area (Å²) in [7, 11) is 2.99. The first-order chi connectivity index (χ1) is 27.2. The molecule has 3 N–H and O–H groups in total. The van der Waals surface area contributed by atoms with Gasteiger partial charge in [-0.05, 0) is 13.8 Å². The van der Waals surface area contributed by atoms with E-state index in [1.54, 1.807) is 108 Å². The second-order valence-electron chi connectivity index (χ2n) is 14.6. The molecule has 0 unspecified atom stereocenters. The van der Waals surface area contributed by atoms with Gasteiger partial charge < -0.3 is 43.1 Å². The molecule has 7 atom stereocenters. The van der Waals surface area contributed by atoms with Crippen LogP contribution in [0.4, 0.5) is 0 Å². The lowest BCUT2D eigenvalue weighted by Crippen LogP contribution is -2.42. The maximum atomic E-state index is 13.4. The number of esters is 2. The molecular formula is C44H58N2O11. The molecule has 0 saturated carbocycles. The van der Waals surface area contributed by atoms with E-state index in [4.69, 9.17) is 27.8 Å². The standard InChI is InChI=1S/C44H58N2O11/c1-9-19-35(48)43(3,4)37-24-15-13-11-12-14-21-30(52-7)27-40-46-32(29-55-40)42(51)57-38(44(5,6)36(49)20-10-2)25-18-23-34(53-8)33(47)22-16-17-26-39-45-31(28-54-39)41(50)56-37/h9-23,26,28-30,33-38,47-49H,24-25,27H2,1-8H3/t30-,33-,34+,35-,36-,37-,38+/m0/s1. The summed E-state index contributed by atoms with van der Waals surface area (Å²) in [6.07, 6.45) is 24.6. The fourth-order valence-electron chi connectivity index (χ4n) is 5.68. The van der Waals surface area contributed by atoms with Crippen molar-refractivity contribution in [2.24, 2.45) is 10.8 Å². The Morgan fingerprint density at radius 3 is 1.89 bits per heavy atom. The summed E-state index contributed by atoms with van der Waals surface area (Å²) in [5.74, 6) is -1.04. The van der Waals surface area contributed by atoms with Gasteiger partial charge in [-0.2, -0.15) is 0 Å². The third-order valence-corrected chi connectivity index (χ3v) is 9.69. The lowest BCUT2D eigenvalue weighted by Gasteiger charge is -2.36. The number of aliphatic hydroxyl groups excluding tert-OH is 3. The van der Waals surface area contributed by atoms with Crippen LogP contribution in [-0.2, 0) is 25.4 Å². The summed E-state index contributed by atoms with van der Waals surface area (Å²) in [6.45, 7) is 10.8. The molecule has 0 aromatic carbocycles. The Labute approximate surface area is 335 Å². The van der Waals surface area contributed by atoms with Crippen LogP contribution in [0.3, 0.4) is 0 Å². The van der Waals surface area contributed by atoms with Crippen LogP contribution >= 0.6 is 0 Å². The van der Waals surface area contributed by atoms with Gasteiger partial charge in [-0.3, -0.25) is 0 Å². The van der Waals surface area contributed by atoms with E-state index in [1.165, 1.54) is 31.8 Å². The number of oxazole rings is 2. The SMILES string of the molecule is CC=C[C@H](O)C(C)(C)[C@@H]1CC=CC=CC=C[C@H](OC)Cc2nc(co2)C(=O)O[C@@H](C(C)(C)[C@@H](O)C=CC)CC=C[C@@H](OC)[C@@H](O)C=CC=Cc2nc(co2)C(=O)O1. The monoisotopic (exact) mass is 790 g/mol. The molecule has 0 aliphatic carbocycles. The Balaban J connectivity index is 1.96. The second kappa shape index (κ2) is 22.7. The molecule has 0 amide bonds. The first kappa shape index (κ1) is 46.5. The van der Waals surface area contributed by atoms with Gasteiger partial charge in [-0.1, -0.05) is 119 Å². The van der Waals surface area contributed by atoms with E-state index in [0.717, 1.165) is 0 Å². The second-order valence-corrected chi connectivity index (χ2v) is 14.6. The first-order valence-electron chi connectivity index (χ1n) is 18.9. The predicted molar refractivity (Wildman–Crippen MR) is 216 cm³/mol. The highest BCUT2D eigenvalue weighted by atomic mass is 16.6. The van der Waals surface area contributed by atoms with Crippen LogP contribution in [0.15, 0.2) is 113 Å². The average Bonchev–Trinajstić information content (AvgIpc) is 3.86.